The fraction of sp³-hybridized carbons (Fsp3) is 0.529. The maximum absolute atomic E-state index is 13.2. The second-order valence-electron chi connectivity index (χ2n) is 6.48. The Bertz CT molecular complexity index is 847. The Balaban J connectivity index is 2.87. The number of carbonyl (C=O) groups is 2. The predicted molar refractivity (Wildman–Crippen MR) is 92.2 cm³/mol. The number of rotatable bonds is 9. The highest BCUT2D eigenvalue weighted by Crippen LogP contribution is 2.38. The molecule has 1 aromatic carbocycles. The second-order valence-corrected chi connectivity index (χ2v) is 8.01. The van der Waals surface area contributed by atoms with Gasteiger partial charge in [0.15, 0.2) is 6.61 Å². The van der Waals surface area contributed by atoms with Crippen LogP contribution in [0.1, 0.15) is 43.1 Å². The molecule has 164 valence electrons. The molecule has 0 radical (unpaired) electrons. The van der Waals surface area contributed by atoms with Gasteiger partial charge in [0, 0.05) is 0 Å². The standard InChI is InChI=1S/C17H21F3O8S/c1-4-16(2,3)28-13-9-11(5-6-12(13)17(18,19)20)15(22)27-10-14(21)26-7-8-29(23,24)25/h5-6,9H,4,7-8,10H2,1-3H3,(H,23,24,25)/p-1. The van der Waals surface area contributed by atoms with E-state index in [0.717, 1.165) is 12.1 Å². The number of benzene rings is 1. The molecule has 0 aliphatic heterocycles. The van der Waals surface area contributed by atoms with Gasteiger partial charge in [-0.3, -0.25) is 0 Å². The molecule has 29 heavy (non-hydrogen) atoms. The van der Waals surface area contributed by atoms with Crippen molar-refractivity contribution in [1.82, 2.24) is 0 Å². The van der Waals surface area contributed by atoms with Crippen molar-refractivity contribution in [2.45, 2.75) is 39.0 Å². The Hall–Kier alpha value is -2.34. The highest BCUT2D eigenvalue weighted by Gasteiger charge is 2.36. The van der Waals surface area contributed by atoms with Crippen molar-refractivity contribution in [3.8, 4) is 5.75 Å². The predicted octanol–water partition coefficient (Wildman–Crippen LogP) is 2.52. The van der Waals surface area contributed by atoms with Gasteiger partial charge in [0.2, 0.25) is 0 Å². The lowest BCUT2D eigenvalue weighted by Crippen LogP contribution is -2.28. The van der Waals surface area contributed by atoms with Crippen molar-refractivity contribution < 1.29 is 49.9 Å². The molecule has 8 nitrogen and oxygen atoms in total. The van der Waals surface area contributed by atoms with Gasteiger partial charge in [-0.05, 0) is 38.5 Å². The molecule has 0 unspecified atom stereocenters. The van der Waals surface area contributed by atoms with E-state index in [0.29, 0.717) is 12.5 Å². The van der Waals surface area contributed by atoms with Crippen molar-refractivity contribution in [3.63, 3.8) is 0 Å². The van der Waals surface area contributed by atoms with Crippen LogP contribution in [0.4, 0.5) is 13.2 Å². The summed E-state index contributed by atoms with van der Waals surface area (Å²) in [6.07, 6.45) is -4.32. The van der Waals surface area contributed by atoms with Crippen LogP contribution in [0.2, 0.25) is 0 Å². The maximum Gasteiger partial charge on any atom is 0.419 e. The van der Waals surface area contributed by atoms with Crippen LogP contribution < -0.4 is 4.74 Å². The molecule has 0 aliphatic rings. The first-order chi connectivity index (χ1) is 13.1. The molecule has 0 N–H and O–H groups in total. The molecular weight excluding hydrogens is 421 g/mol. The number of hydrogen-bond acceptors (Lipinski definition) is 8. The average Bonchev–Trinajstić information content (AvgIpc) is 2.57. The van der Waals surface area contributed by atoms with Crippen molar-refractivity contribution in [2.75, 3.05) is 19.0 Å². The molecule has 0 amide bonds. The van der Waals surface area contributed by atoms with Gasteiger partial charge < -0.3 is 18.8 Å². The maximum atomic E-state index is 13.2. The minimum atomic E-state index is -4.71. The number of esters is 2. The van der Waals surface area contributed by atoms with Crippen LogP contribution in [0.15, 0.2) is 18.2 Å². The molecule has 1 aromatic rings. The molecule has 0 aromatic heterocycles. The second kappa shape index (κ2) is 9.44. The van der Waals surface area contributed by atoms with Gasteiger partial charge in [0.05, 0.1) is 27.0 Å². The number of ether oxygens (including phenoxy) is 3. The van der Waals surface area contributed by atoms with Gasteiger partial charge in [0.1, 0.15) is 18.0 Å². The summed E-state index contributed by atoms with van der Waals surface area (Å²) in [6, 6.07) is 2.39. The summed E-state index contributed by atoms with van der Waals surface area (Å²) in [7, 11) is -4.57. The van der Waals surface area contributed by atoms with E-state index in [9.17, 15) is 35.7 Å². The van der Waals surface area contributed by atoms with Crippen LogP contribution in [-0.2, 0) is 30.6 Å². The molecule has 0 atom stereocenters. The summed E-state index contributed by atoms with van der Waals surface area (Å²) in [6.45, 7) is 3.24. The van der Waals surface area contributed by atoms with E-state index in [1.165, 1.54) is 0 Å². The van der Waals surface area contributed by atoms with Crippen LogP contribution in [0.25, 0.3) is 0 Å². The third-order valence-electron chi connectivity index (χ3n) is 3.68. The van der Waals surface area contributed by atoms with Crippen molar-refractivity contribution in [2.24, 2.45) is 0 Å². The quantitative estimate of drug-likeness (QED) is 0.424. The Morgan fingerprint density at radius 3 is 2.28 bits per heavy atom. The molecule has 0 bridgehead atoms. The molecule has 0 saturated carbocycles. The van der Waals surface area contributed by atoms with Crippen LogP contribution in [0, 0.1) is 0 Å². The van der Waals surface area contributed by atoms with Gasteiger partial charge in [-0.2, -0.15) is 13.2 Å². The molecule has 0 spiro atoms. The van der Waals surface area contributed by atoms with Crippen molar-refractivity contribution in [1.29, 1.82) is 0 Å². The summed E-state index contributed by atoms with van der Waals surface area (Å²) in [5.41, 5.74) is -2.31. The molecule has 12 heteroatoms. The van der Waals surface area contributed by atoms with E-state index >= 15 is 0 Å². The first kappa shape index (κ1) is 24.7. The summed E-state index contributed by atoms with van der Waals surface area (Å²) in [5.74, 6) is -3.76. The van der Waals surface area contributed by atoms with Crippen LogP contribution in [0.5, 0.6) is 5.75 Å². The van der Waals surface area contributed by atoms with E-state index in [2.05, 4.69) is 9.47 Å². The van der Waals surface area contributed by atoms with Crippen molar-refractivity contribution in [3.05, 3.63) is 29.3 Å². The van der Waals surface area contributed by atoms with Crippen LogP contribution >= 0.6 is 0 Å². The van der Waals surface area contributed by atoms with Gasteiger partial charge in [0.25, 0.3) is 0 Å². The monoisotopic (exact) mass is 441 g/mol. The van der Waals surface area contributed by atoms with Crippen molar-refractivity contribution >= 4 is 22.1 Å². The Morgan fingerprint density at radius 1 is 1.14 bits per heavy atom. The first-order valence-corrected chi connectivity index (χ1v) is 9.89. The Labute approximate surface area is 165 Å². The van der Waals surface area contributed by atoms with E-state index in [-0.39, 0.29) is 5.56 Å². The normalized spacial score (nSPS) is 12.4. The first-order valence-electron chi connectivity index (χ1n) is 8.31. The van der Waals surface area contributed by atoms with E-state index in [4.69, 9.17) is 4.74 Å². The molecule has 0 fully saturated rings. The number of hydrogen-bond donors (Lipinski definition) is 0. The van der Waals surface area contributed by atoms with E-state index in [1.807, 2.05) is 0 Å². The van der Waals surface area contributed by atoms with Gasteiger partial charge in [-0.1, -0.05) is 6.92 Å². The van der Waals surface area contributed by atoms with Gasteiger partial charge >= 0.3 is 18.1 Å². The Morgan fingerprint density at radius 2 is 1.76 bits per heavy atom. The number of alkyl halides is 3. The fourth-order valence-corrected chi connectivity index (χ4v) is 2.13. The summed E-state index contributed by atoms with van der Waals surface area (Å²) in [5, 5.41) is 0. The molecule has 0 heterocycles. The largest absolute Gasteiger partial charge is 0.748 e. The molecular formula is C17H20F3O8S-. The highest BCUT2D eigenvalue weighted by molar-refractivity contribution is 7.85. The highest BCUT2D eigenvalue weighted by atomic mass is 32.2. The zero-order chi connectivity index (χ0) is 22.5. The topological polar surface area (TPSA) is 119 Å². The molecule has 1 rings (SSSR count). The third kappa shape index (κ3) is 8.69. The average molecular weight is 441 g/mol. The summed E-state index contributed by atoms with van der Waals surface area (Å²) in [4.78, 5) is 23.4. The number of halogens is 3. The van der Waals surface area contributed by atoms with Crippen LogP contribution in [0.3, 0.4) is 0 Å². The molecule has 0 saturated heterocycles. The SMILES string of the molecule is CCC(C)(C)Oc1cc(C(=O)OCC(=O)OCCS(=O)(=O)[O-])ccc1C(F)(F)F. The smallest absolute Gasteiger partial charge is 0.419 e. The minimum absolute atomic E-state index is 0.296. The van der Waals surface area contributed by atoms with Crippen LogP contribution in [-0.4, -0.2) is 49.5 Å². The zero-order valence-corrected chi connectivity index (χ0v) is 16.7. The lowest BCUT2D eigenvalue weighted by molar-refractivity contribution is -0.146. The Kier molecular flexibility index (Phi) is 8.04. The van der Waals surface area contributed by atoms with E-state index in [1.54, 1.807) is 20.8 Å². The zero-order valence-electron chi connectivity index (χ0n) is 15.9. The lowest BCUT2D eigenvalue weighted by atomic mass is 10.1. The molecule has 0 aliphatic carbocycles. The van der Waals surface area contributed by atoms with Gasteiger partial charge in [-0.25, -0.2) is 18.0 Å². The third-order valence-corrected chi connectivity index (χ3v) is 4.34. The van der Waals surface area contributed by atoms with E-state index < -0.39 is 64.1 Å². The van der Waals surface area contributed by atoms with Gasteiger partial charge in [-0.15, -0.1) is 0 Å². The number of carbonyl (C=O) groups excluding carboxylic acids is 2. The summed E-state index contributed by atoms with van der Waals surface area (Å²) >= 11 is 0. The lowest BCUT2D eigenvalue weighted by Gasteiger charge is -2.27. The summed E-state index contributed by atoms with van der Waals surface area (Å²) < 4.78 is 85.2. The fourth-order valence-electron chi connectivity index (χ4n) is 1.84. The minimum Gasteiger partial charge on any atom is -0.748 e.